The van der Waals surface area contributed by atoms with E-state index in [4.69, 9.17) is 11.6 Å². The van der Waals surface area contributed by atoms with Gasteiger partial charge in [-0.25, -0.2) is 0 Å². The third-order valence-corrected chi connectivity index (χ3v) is 1.95. The van der Waals surface area contributed by atoms with Crippen molar-refractivity contribution < 1.29 is 9.90 Å². The van der Waals surface area contributed by atoms with Gasteiger partial charge in [0.1, 0.15) is 5.75 Å². The van der Waals surface area contributed by atoms with E-state index in [2.05, 4.69) is 5.32 Å². The van der Waals surface area contributed by atoms with Gasteiger partial charge in [0.2, 0.25) is 5.91 Å². The summed E-state index contributed by atoms with van der Waals surface area (Å²) in [6, 6.07) is 4.58. The molecule has 76 valence electrons. The number of anilines is 1. The molecule has 0 radical (unpaired) electrons. The van der Waals surface area contributed by atoms with E-state index in [1.54, 1.807) is 12.1 Å². The van der Waals surface area contributed by atoms with Crippen molar-refractivity contribution in [1.29, 1.82) is 0 Å². The van der Waals surface area contributed by atoms with Crippen molar-refractivity contribution in [1.82, 2.24) is 0 Å². The van der Waals surface area contributed by atoms with E-state index in [9.17, 15) is 9.90 Å². The van der Waals surface area contributed by atoms with E-state index in [0.717, 1.165) is 6.42 Å². The fraction of sp³-hybridized carbons (Fsp3) is 0.300. The summed E-state index contributed by atoms with van der Waals surface area (Å²) in [7, 11) is 0. The van der Waals surface area contributed by atoms with Crippen molar-refractivity contribution in [3.8, 4) is 5.75 Å². The van der Waals surface area contributed by atoms with Crippen LogP contribution in [0.5, 0.6) is 5.75 Å². The smallest absolute Gasteiger partial charge is 0.224 e. The highest BCUT2D eigenvalue weighted by atomic mass is 35.5. The lowest BCUT2D eigenvalue weighted by atomic mass is 10.2. The molecule has 0 saturated carbocycles. The number of rotatable bonds is 3. The van der Waals surface area contributed by atoms with Crippen molar-refractivity contribution in [3.05, 3.63) is 23.2 Å². The van der Waals surface area contributed by atoms with Crippen LogP contribution in [0.1, 0.15) is 19.8 Å². The number of carbonyl (C=O) groups is 1. The zero-order valence-electron chi connectivity index (χ0n) is 7.88. The number of amides is 1. The first-order valence-electron chi connectivity index (χ1n) is 4.42. The van der Waals surface area contributed by atoms with Crippen molar-refractivity contribution in [2.45, 2.75) is 19.8 Å². The van der Waals surface area contributed by atoms with Crippen molar-refractivity contribution in [3.63, 3.8) is 0 Å². The summed E-state index contributed by atoms with van der Waals surface area (Å²) in [5.74, 6) is -0.118. The summed E-state index contributed by atoms with van der Waals surface area (Å²) in [5, 5.41) is 12.4. The molecule has 0 unspecified atom stereocenters. The molecule has 4 heteroatoms. The second-order valence-electron chi connectivity index (χ2n) is 2.96. The molecule has 1 aromatic rings. The van der Waals surface area contributed by atoms with Gasteiger partial charge in [0, 0.05) is 17.5 Å². The molecule has 0 aliphatic heterocycles. The first kappa shape index (κ1) is 10.9. The summed E-state index contributed by atoms with van der Waals surface area (Å²) in [6.45, 7) is 1.92. The van der Waals surface area contributed by atoms with Crippen LogP contribution in [0.15, 0.2) is 18.2 Å². The number of hydrogen-bond acceptors (Lipinski definition) is 2. The Morgan fingerprint density at radius 1 is 1.57 bits per heavy atom. The molecule has 3 nitrogen and oxygen atoms in total. The molecule has 0 saturated heterocycles. The van der Waals surface area contributed by atoms with Crippen LogP contribution >= 0.6 is 11.6 Å². The number of phenols is 1. The number of aromatic hydroxyl groups is 1. The first-order chi connectivity index (χ1) is 6.63. The number of halogens is 1. The van der Waals surface area contributed by atoms with Gasteiger partial charge in [-0.2, -0.15) is 0 Å². The highest BCUT2D eigenvalue weighted by Gasteiger charge is 2.05. The molecule has 1 amide bonds. The van der Waals surface area contributed by atoms with Crippen molar-refractivity contribution in [2.75, 3.05) is 5.32 Å². The van der Waals surface area contributed by atoms with Crippen molar-refractivity contribution in [2.24, 2.45) is 0 Å². The quantitative estimate of drug-likeness (QED) is 0.759. The Labute approximate surface area is 87.7 Å². The van der Waals surface area contributed by atoms with Crippen LogP contribution in [-0.2, 0) is 4.79 Å². The van der Waals surface area contributed by atoms with Gasteiger partial charge >= 0.3 is 0 Å². The molecule has 1 aromatic carbocycles. The summed E-state index contributed by atoms with van der Waals surface area (Å²) in [4.78, 5) is 11.2. The van der Waals surface area contributed by atoms with Gasteiger partial charge in [0.25, 0.3) is 0 Å². The summed E-state index contributed by atoms with van der Waals surface area (Å²) in [5.41, 5.74) is 0.396. The summed E-state index contributed by atoms with van der Waals surface area (Å²) < 4.78 is 0. The standard InChI is InChI=1S/C10H12ClNO2/c1-2-3-10(14)12-8-5-4-7(11)6-9(8)13/h4-6,13H,2-3H2,1H3,(H,12,14). The maximum absolute atomic E-state index is 11.2. The molecule has 0 aliphatic carbocycles. The van der Waals surface area contributed by atoms with Crippen LogP contribution in [0.25, 0.3) is 0 Å². The molecule has 0 aromatic heterocycles. The van der Waals surface area contributed by atoms with E-state index >= 15 is 0 Å². The Kier molecular flexibility index (Phi) is 3.77. The van der Waals surface area contributed by atoms with Crippen LogP contribution in [0.3, 0.4) is 0 Å². The topological polar surface area (TPSA) is 49.3 Å². The molecule has 0 fully saturated rings. The van der Waals surface area contributed by atoms with Crippen LogP contribution in [0.2, 0.25) is 5.02 Å². The zero-order valence-corrected chi connectivity index (χ0v) is 8.64. The number of nitrogens with one attached hydrogen (secondary N) is 1. The van der Waals surface area contributed by atoms with Gasteiger partial charge < -0.3 is 10.4 Å². The van der Waals surface area contributed by atoms with Crippen LogP contribution in [0.4, 0.5) is 5.69 Å². The predicted octanol–water partition coefficient (Wildman–Crippen LogP) is 2.78. The SMILES string of the molecule is CCCC(=O)Nc1ccc(Cl)cc1O. The average molecular weight is 214 g/mol. The predicted molar refractivity (Wildman–Crippen MR) is 56.7 cm³/mol. The first-order valence-corrected chi connectivity index (χ1v) is 4.79. The second-order valence-corrected chi connectivity index (χ2v) is 3.40. The lowest BCUT2D eigenvalue weighted by Gasteiger charge is -2.06. The fourth-order valence-electron chi connectivity index (χ4n) is 1.05. The number of hydrogen-bond donors (Lipinski definition) is 2. The van der Waals surface area contributed by atoms with Crippen molar-refractivity contribution >= 4 is 23.2 Å². The van der Waals surface area contributed by atoms with E-state index in [1.165, 1.54) is 6.07 Å². The largest absolute Gasteiger partial charge is 0.506 e. The molecule has 0 heterocycles. The summed E-state index contributed by atoms with van der Waals surface area (Å²) in [6.07, 6.45) is 1.22. The van der Waals surface area contributed by atoms with Crippen LogP contribution in [0, 0.1) is 0 Å². The Morgan fingerprint density at radius 2 is 2.29 bits per heavy atom. The van der Waals surface area contributed by atoms with Gasteiger partial charge in [0.05, 0.1) is 5.69 Å². The molecule has 1 rings (SSSR count). The molecule has 0 aliphatic rings. The van der Waals surface area contributed by atoms with Gasteiger partial charge in [-0.3, -0.25) is 4.79 Å². The molecule has 0 spiro atoms. The number of phenolic OH excluding ortho intramolecular Hbond substituents is 1. The molecule has 0 atom stereocenters. The highest BCUT2D eigenvalue weighted by Crippen LogP contribution is 2.26. The Hall–Kier alpha value is -1.22. The molecule has 2 N–H and O–H groups in total. The lowest BCUT2D eigenvalue weighted by Crippen LogP contribution is -2.10. The summed E-state index contributed by atoms with van der Waals surface area (Å²) >= 11 is 5.64. The molecule has 0 bridgehead atoms. The Morgan fingerprint density at radius 3 is 2.86 bits per heavy atom. The Balaban J connectivity index is 2.72. The molecular weight excluding hydrogens is 202 g/mol. The average Bonchev–Trinajstić information content (AvgIpc) is 2.10. The highest BCUT2D eigenvalue weighted by molar-refractivity contribution is 6.30. The maximum Gasteiger partial charge on any atom is 0.224 e. The minimum Gasteiger partial charge on any atom is -0.506 e. The third-order valence-electron chi connectivity index (χ3n) is 1.71. The monoisotopic (exact) mass is 213 g/mol. The van der Waals surface area contributed by atoms with Gasteiger partial charge in [-0.05, 0) is 18.6 Å². The maximum atomic E-state index is 11.2. The second kappa shape index (κ2) is 4.86. The van der Waals surface area contributed by atoms with Crippen LogP contribution < -0.4 is 5.32 Å². The van der Waals surface area contributed by atoms with Gasteiger partial charge in [-0.1, -0.05) is 18.5 Å². The Bertz CT molecular complexity index is 339. The van der Waals surface area contributed by atoms with E-state index in [0.29, 0.717) is 17.1 Å². The van der Waals surface area contributed by atoms with E-state index in [1.807, 2.05) is 6.92 Å². The normalized spacial score (nSPS) is 9.86. The van der Waals surface area contributed by atoms with E-state index < -0.39 is 0 Å². The van der Waals surface area contributed by atoms with Gasteiger partial charge in [-0.15, -0.1) is 0 Å². The minimum atomic E-state index is -0.106. The third kappa shape index (κ3) is 2.92. The lowest BCUT2D eigenvalue weighted by molar-refractivity contribution is -0.116. The number of benzene rings is 1. The van der Waals surface area contributed by atoms with Crippen LogP contribution in [-0.4, -0.2) is 11.0 Å². The molecular formula is C10H12ClNO2. The van der Waals surface area contributed by atoms with Gasteiger partial charge in [0.15, 0.2) is 0 Å². The molecule has 14 heavy (non-hydrogen) atoms. The number of carbonyl (C=O) groups excluding carboxylic acids is 1. The zero-order chi connectivity index (χ0) is 10.6. The van der Waals surface area contributed by atoms with E-state index in [-0.39, 0.29) is 11.7 Å². The minimum absolute atomic E-state index is 0.0121. The fourth-order valence-corrected chi connectivity index (χ4v) is 1.22.